The second kappa shape index (κ2) is 6.71. The van der Waals surface area contributed by atoms with Crippen LogP contribution in [0.4, 0.5) is 0 Å². The topological polar surface area (TPSA) is 52.7 Å². The summed E-state index contributed by atoms with van der Waals surface area (Å²) >= 11 is 1.76. The minimum absolute atomic E-state index is 0.0515. The predicted molar refractivity (Wildman–Crippen MR) is 87.9 cm³/mol. The molecule has 0 radical (unpaired) electrons. The van der Waals surface area contributed by atoms with Crippen molar-refractivity contribution < 1.29 is 9.59 Å². The van der Waals surface area contributed by atoms with Gasteiger partial charge < -0.3 is 9.80 Å². The van der Waals surface area contributed by atoms with Crippen LogP contribution in [0.2, 0.25) is 0 Å². The molecule has 2 fully saturated rings. The number of piperazine rings is 1. The largest absolute Gasteiger partial charge is 0.338 e. The molecule has 0 bridgehead atoms. The molecule has 3 rings (SSSR count). The highest BCUT2D eigenvalue weighted by molar-refractivity contribution is 7.99. The smallest absolute Gasteiger partial charge is 0.253 e. The normalized spacial score (nSPS) is 22.0. The third kappa shape index (κ3) is 3.28. The van der Waals surface area contributed by atoms with Crippen molar-refractivity contribution in [3.05, 3.63) is 35.4 Å². The molecule has 5 nitrogen and oxygen atoms in total. The average Bonchev–Trinajstić information content (AvgIpc) is 3.09. The minimum Gasteiger partial charge on any atom is -0.338 e. The molecule has 2 saturated heterocycles. The fourth-order valence-corrected chi connectivity index (χ4v) is 3.72. The Kier molecular flexibility index (Phi) is 4.69. The first-order valence-electron chi connectivity index (χ1n) is 7.61. The predicted octanol–water partition coefficient (Wildman–Crippen LogP) is 0.942. The number of nitrogens with zero attached hydrogens (tertiary/aromatic N) is 2. The maximum Gasteiger partial charge on any atom is 0.253 e. The number of amides is 2. The first kappa shape index (κ1) is 15.4. The van der Waals surface area contributed by atoms with Crippen LogP contribution < -0.4 is 5.32 Å². The summed E-state index contributed by atoms with van der Waals surface area (Å²) in [7, 11) is 0. The lowest BCUT2D eigenvalue weighted by molar-refractivity contribution is -0.134. The number of hydrogen-bond donors (Lipinski definition) is 1. The molecule has 1 aromatic rings. The number of rotatable bonds is 2. The quantitative estimate of drug-likeness (QED) is 0.881. The third-order valence-electron chi connectivity index (χ3n) is 4.19. The molecular formula is C16H21N3O2S. The van der Waals surface area contributed by atoms with Crippen LogP contribution in [0.5, 0.6) is 0 Å². The third-order valence-corrected chi connectivity index (χ3v) is 5.13. The number of benzene rings is 1. The van der Waals surface area contributed by atoms with E-state index in [1.165, 1.54) is 0 Å². The van der Waals surface area contributed by atoms with Crippen LogP contribution in [0.15, 0.2) is 24.3 Å². The summed E-state index contributed by atoms with van der Waals surface area (Å²) in [5, 5.41) is 3.21. The highest BCUT2D eigenvalue weighted by Gasteiger charge is 2.30. The minimum atomic E-state index is -0.0515. The van der Waals surface area contributed by atoms with Gasteiger partial charge in [0.25, 0.3) is 5.91 Å². The molecule has 0 saturated carbocycles. The lowest BCUT2D eigenvalue weighted by Crippen LogP contribution is -2.54. The van der Waals surface area contributed by atoms with E-state index in [9.17, 15) is 9.59 Å². The van der Waals surface area contributed by atoms with Gasteiger partial charge in [0, 0.05) is 43.4 Å². The standard InChI is InChI=1S/C16H21N3O2S/c1-12-2-4-13(5-3-12)15(20)18-6-8-19(9-7-18)16(21)14-10-22-11-17-14/h2-5,14,17H,6-11H2,1H3. The molecule has 1 unspecified atom stereocenters. The Morgan fingerprint density at radius 3 is 2.32 bits per heavy atom. The molecule has 6 heteroatoms. The van der Waals surface area contributed by atoms with Gasteiger partial charge in [-0.15, -0.1) is 11.8 Å². The van der Waals surface area contributed by atoms with Gasteiger partial charge in [0.1, 0.15) is 0 Å². The molecular weight excluding hydrogens is 298 g/mol. The van der Waals surface area contributed by atoms with Gasteiger partial charge in [-0.3, -0.25) is 14.9 Å². The van der Waals surface area contributed by atoms with E-state index >= 15 is 0 Å². The number of thioether (sulfide) groups is 1. The molecule has 22 heavy (non-hydrogen) atoms. The summed E-state index contributed by atoms with van der Waals surface area (Å²) in [5.41, 5.74) is 1.87. The van der Waals surface area contributed by atoms with Gasteiger partial charge >= 0.3 is 0 Å². The van der Waals surface area contributed by atoms with Crippen LogP contribution in [-0.2, 0) is 4.79 Å². The second-order valence-electron chi connectivity index (χ2n) is 5.76. The number of carbonyl (C=O) groups is 2. The van der Waals surface area contributed by atoms with Crippen molar-refractivity contribution in [3.8, 4) is 0 Å². The highest BCUT2D eigenvalue weighted by Crippen LogP contribution is 2.14. The monoisotopic (exact) mass is 319 g/mol. The number of hydrogen-bond acceptors (Lipinski definition) is 4. The fourth-order valence-electron chi connectivity index (χ4n) is 2.78. The molecule has 1 atom stereocenters. The van der Waals surface area contributed by atoms with E-state index in [0.717, 1.165) is 22.8 Å². The molecule has 2 amide bonds. The summed E-state index contributed by atoms with van der Waals surface area (Å²) in [6.07, 6.45) is 0. The summed E-state index contributed by atoms with van der Waals surface area (Å²) in [5.74, 6) is 1.93. The molecule has 1 N–H and O–H groups in total. The van der Waals surface area contributed by atoms with Gasteiger partial charge in [0.05, 0.1) is 6.04 Å². The van der Waals surface area contributed by atoms with Crippen molar-refractivity contribution in [2.75, 3.05) is 37.8 Å². The zero-order valence-corrected chi connectivity index (χ0v) is 13.6. The van der Waals surface area contributed by atoms with E-state index in [1.54, 1.807) is 11.8 Å². The summed E-state index contributed by atoms with van der Waals surface area (Å²) in [6.45, 7) is 4.48. The van der Waals surface area contributed by atoms with Gasteiger partial charge in [0.15, 0.2) is 0 Å². The zero-order valence-electron chi connectivity index (χ0n) is 12.7. The lowest BCUT2D eigenvalue weighted by atomic mass is 10.1. The highest BCUT2D eigenvalue weighted by atomic mass is 32.2. The van der Waals surface area contributed by atoms with E-state index < -0.39 is 0 Å². The number of carbonyl (C=O) groups excluding carboxylic acids is 2. The van der Waals surface area contributed by atoms with Gasteiger partial charge in [-0.25, -0.2) is 0 Å². The second-order valence-corrected chi connectivity index (χ2v) is 6.79. The average molecular weight is 319 g/mol. The Bertz CT molecular complexity index is 547. The fraction of sp³-hybridized carbons (Fsp3) is 0.500. The first-order valence-corrected chi connectivity index (χ1v) is 8.76. The van der Waals surface area contributed by atoms with Crippen molar-refractivity contribution in [2.24, 2.45) is 0 Å². The zero-order chi connectivity index (χ0) is 15.5. The van der Waals surface area contributed by atoms with E-state index in [-0.39, 0.29) is 17.9 Å². The summed E-state index contributed by atoms with van der Waals surface area (Å²) in [4.78, 5) is 28.5. The van der Waals surface area contributed by atoms with Crippen molar-refractivity contribution >= 4 is 23.6 Å². The van der Waals surface area contributed by atoms with E-state index in [0.29, 0.717) is 26.2 Å². The van der Waals surface area contributed by atoms with Crippen LogP contribution >= 0.6 is 11.8 Å². The molecule has 118 valence electrons. The molecule has 1 aromatic carbocycles. The summed E-state index contributed by atoms with van der Waals surface area (Å²) < 4.78 is 0. The lowest BCUT2D eigenvalue weighted by Gasteiger charge is -2.36. The van der Waals surface area contributed by atoms with Gasteiger partial charge in [-0.05, 0) is 19.1 Å². The van der Waals surface area contributed by atoms with Gasteiger partial charge in [-0.1, -0.05) is 17.7 Å². The number of nitrogens with one attached hydrogen (secondary N) is 1. The molecule has 0 spiro atoms. The van der Waals surface area contributed by atoms with Crippen LogP contribution in [-0.4, -0.2) is 65.5 Å². The Morgan fingerprint density at radius 1 is 1.09 bits per heavy atom. The molecule has 0 aliphatic carbocycles. The van der Waals surface area contributed by atoms with Crippen LogP contribution in [0.1, 0.15) is 15.9 Å². The molecule has 2 heterocycles. The molecule has 2 aliphatic heterocycles. The number of aryl methyl sites for hydroxylation is 1. The maximum absolute atomic E-state index is 12.5. The van der Waals surface area contributed by atoms with E-state index in [4.69, 9.17) is 0 Å². The molecule has 0 aromatic heterocycles. The van der Waals surface area contributed by atoms with E-state index in [2.05, 4.69) is 5.32 Å². The van der Waals surface area contributed by atoms with Crippen molar-refractivity contribution in [1.82, 2.24) is 15.1 Å². The maximum atomic E-state index is 12.5. The SMILES string of the molecule is Cc1ccc(C(=O)N2CCN(C(=O)C3CSCN3)CC2)cc1. The van der Waals surface area contributed by atoms with Gasteiger partial charge in [-0.2, -0.15) is 0 Å². The van der Waals surface area contributed by atoms with Crippen molar-refractivity contribution in [2.45, 2.75) is 13.0 Å². The molecule has 2 aliphatic rings. The Labute approximate surface area is 135 Å². The van der Waals surface area contributed by atoms with Crippen LogP contribution in [0.25, 0.3) is 0 Å². The van der Waals surface area contributed by atoms with Gasteiger partial charge in [0.2, 0.25) is 5.91 Å². The van der Waals surface area contributed by atoms with Crippen LogP contribution in [0, 0.1) is 6.92 Å². The summed E-state index contributed by atoms with van der Waals surface area (Å²) in [6, 6.07) is 7.60. The van der Waals surface area contributed by atoms with E-state index in [1.807, 2.05) is 41.0 Å². The Morgan fingerprint density at radius 2 is 1.73 bits per heavy atom. The Hall–Kier alpha value is -1.53. The van der Waals surface area contributed by atoms with Crippen molar-refractivity contribution in [3.63, 3.8) is 0 Å². The van der Waals surface area contributed by atoms with Crippen LogP contribution in [0.3, 0.4) is 0 Å². The Balaban J connectivity index is 1.56. The van der Waals surface area contributed by atoms with Crippen molar-refractivity contribution in [1.29, 1.82) is 0 Å². The first-order chi connectivity index (χ1) is 10.6.